The summed E-state index contributed by atoms with van der Waals surface area (Å²) in [5.41, 5.74) is 0. The van der Waals surface area contributed by atoms with Gasteiger partial charge in [0.1, 0.15) is 5.75 Å². The van der Waals surface area contributed by atoms with E-state index in [2.05, 4.69) is 29.8 Å². The SMILES string of the molecule is CCN(CC)Oc1ccc(Br)cc1. The highest BCUT2D eigenvalue weighted by molar-refractivity contribution is 9.10. The Labute approximate surface area is 87.6 Å². The Bertz CT molecular complexity index is 244. The van der Waals surface area contributed by atoms with E-state index < -0.39 is 0 Å². The van der Waals surface area contributed by atoms with E-state index in [4.69, 9.17) is 4.84 Å². The average molecular weight is 244 g/mol. The van der Waals surface area contributed by atoms with Gasteiger partial charge in [-0.25, -0.2) is 0 Å². The topological polar surface area (TPSA) is 12.5 Å². The van der Waals surface area contributed by atoms with Crippen molar-refractivity contribution in [3.05, 3.63) is 28.7 Å². The van der Waals surface area contributed by atoms with Crippen LogP contribution in [0.25, 0.3) is 0 Å². The summed E-state index contributed by atoms with van der Waals surface area (Å²) >= 11 is 3.38. The monoisotopic (exact) mass is 243 g/mol. The molecule has 0 aliphatic heterocycles. The number of hydroxylamine groups is 2. The lowest BCUT2D eigenvalue weighted by Gasteiger charge is -2.18. The minimum Gasteiger partial charge on any atom is -0.406 e. The Kier molecular flexibility index (Phi) is 4.25. The number of rotatable bonds is 4. The molecular weight excluding hydrogens is 230 g/mol. The van der Waals surface area contributed by atoms with E-state index in [0.717, 1.165) is 23.3 Å². The second-order valence-electron chi connectivity index (χ2n) is 2.66. The fraction of sp³-hybridized carbons (Fsp3) is 0.400. The molecule has 0 aliphatic rings. The molecular formula is C10H14BrNO. The number of benzene rings is 1. The van der Waals surface area contributed by atoms with E-state index in [-0.39, 0.29) is 0 Å². The standard InChI is InChI=1S/C10H14BrNO/c1-3-12(4-2)13-10-7-5-9(11)6-8-10/h5-8H,3-4H2,1-2H3. The fourth-order valence-corrected chi connectivity index (χ4v) is 1.26. The van der Waals surface area contributed by atoms with Crippen LogP contribution in [0.3, 0.4) is 0 Å². The van der Waals surface area contributed by atoms with Crippen LogP contribution in [0.1, 0.15) is 13.8 Å². The molecule has 3 heteroatoms. The van der Waals surface area contributed by atoms with Gasteiger partial charge in [0.2, 0.25) is 0 Å². The number of hydrogen-bond donors (Lipinski definition) is 0. The zero-order valence-electron chi connectivity index (χ0n) is 7.96. The van der Waals surface area contributed by atoms with Gasteiger partial charge in [0, 0.05) is 17.6 Å². The van der Waals surface area contributed by atoms with Gasteiger partial charge in [-0.3, -0.25) is 0 Å². The molecule has 0 unspecified atom stereocenters. The third-order valence-electron chi connectivity index (χ3n) is 1.75. The van der Waals surface area contributed by atoms with E-state index >= 15 is 0 Å². The lowest BCUT2D eigenvalue weighted by molar-refractivity contribution is -0.0486. The number of hydrogen-bond acceptors (Lipinski definition) is 2. The number of nitrogens with zero attached hydrogens (tertiary/aromatic N) is 1. The first kappa shape index (κ1) is 10.5. The Morgan fingerprint density at radius 2 is 1.69 bits per heavy atom. The highest BCUT2D eigenvalue weighted by Gasteiger charge is 2.00. The molecule has 0 fully saturated rings. The van der Waals surface area contributed by atoms with Gasteiger partial charge in [0.25, 0.3) is 0 Å². The van der Waals surface area contributed by atoms with E-state index in [9.17, 15) is 0 Å². The van der Waals surface area contributed by atoms with Crippen molar-refractivity contribution < 1.29 is 4.84 Å². The maximum Gasteiger partial charge on any atom is 0.147 e. The minimum atomic E-state index is 0.881. The predicted octanol–water partition coefficient (Wildman–Crippen LogP) is 3.08. The second-order valence-corrected chi connectivity index (χ2v) is 3.58. The zero-order chi connectivity index (χ0) is 9.68. The minimum absolute atomic E-state index is 0.881. The Morgan fingerprint density at radius 1 is 1.15 bits per heavy atom. The van der Waals surface area contributed by atoms with Crippen LogP contribution in [0.5, 0.6) is 5.75 Å². The fourth-order valence-electron chi connectivity index (χ4n) is 0.997. The number of halogens is 1. The lowest BCUT2D eigenvalue weighted by atomic mass is 10.3. The van der Waals surface area contributed by atoms with Gasteiger partial charge in [0.15, 0.2) is 0 Å². The summed E-state index contributed by atoms with van der Waals surface area (Å²) in [6, 6.07) is 7.84. The van der Waals surface area contributed by atoms with Gasteiger partial charge < -0.3 is 4.84 Å². The van der Waals surface area contributed by atoms with Crippen molar-refractivity contribution in [2.24, 2.45) is 0 Å². The van der Waals surface area contributed by atoms with E-state index in [1.54, 1.807) is 0 Å². The molecule has 13 heavy (non-hydrogen) atoms. The molecule has 72 valence electrons. The van der Waals surface area contributed by atoms with Crippen LogP contribution in [0.2, 0.25) is 0 Å². The van der Waals surface area contributed by atoms with Crippen molar-refractivity contribution in [1.82, 2.24) is 5.06 Å². The molecule has 0 saturated heterocycles. The van der Waals surface area contributed by atoms with Crippen LogP contribution in [0.4, 0.5) is 0 Å². The van der Waals surface area contributed by atoms with Crippen molar-refractivity contribution in [3.8, 4) is 5.75 Å². The maximum absolute atomic E-state index is 5.58. The lowest BCUT2D eigenvalue weighted by Crippen LogP contribution is -2.26. The van der Waals surface area contributed by atoms with Crippen molar-refractivity contribution in [2.75, 3.05) is 13.1 Å². The largest absolute Gasteiger partial charge is 0.406 e. The molecule has 0 bridgehead atoms. The normalized spacial score (nSPS) is 10.5. The third kappa shape index (κ3) is 3.36. The van der Waals surface area contributed by atoms with Crippen molar-refractivity contribution in [3.63, 3.8) is 0 Å². The van der Waals surface area contributed by atoms with E-state index in [1.807, 2.05) is 29.3 Å². The van der Waals surface area contributed by atoms with Gasteiger partial charge in [-0.1, -0.05) is 15.9 Å². The zero-order valence-corrected chi connectivity index (χ0v) is 9.54. The third-order valence-corrected chi connectivity index (χ3v) is 2.28. The summed E-state index contributed by atoms with van der Waals surface area (Å²) in [5.74, 6) is 0.881. The van der Waals surface area contributed by atoms with E-state index in [0.29, 0.717) is 0 Å². The second kappa shape index (κ2) is 5.25. The Balaban J connectivity index is 2.58. The van der Waals surface area contributed by atoms with Crippen LogP contribution in [-0.4, -0.2) is 18.2 Å². The molecule has 1 aromatic carbocycles. The molecule has 0 heterocycles. The van der Waals surface area contributed by atoms with Crippen LogP contribution in [-0.2, 0) is 0 Å². The molecule has 1 aromatic rings. The summed E-state index contributed by atoms with van der Waals surface area (Å²) in [6.45, 7) is 5.93. The molecule has 2 nitrogen and oxygen atoms in total. The quantitative estimate of drug-likeness (QED) is 0.754. The van der Waals surface area contributed by atoms with Crippen LogP contribution < -0.4 is 4.84 Å². The van der Waals surface area contributed by atoms with Gasteiger partial charge in [-0.05, 0) is 38.1 Å². The molecule has 0 radical (unpaired) electrons. The molecule has 0 spiro atoms. The molecule has 0 aliphatic carbocycles. The van der Waals surface area contributed by atoms with Crippen LogP contribution >= 0.6 is 15.9 Å². The van der Waals surface area contributed by atoms with Gasteiger partial charge in [-0.2, -0.15) is 0 Å². The first-order chi connectivity index (χ1) is 6.26. The van der Waals surface area contributed by atoms with Crippen molar-refractivity contribution >= 4 is 15.9 Å². The highest BCUT2D eigenvalue weighted by Crippen LogP contribution is 2.16. The predicted molar refractivity (Wildman–Crippen MR) is 57.7 cm³/mol. The maximum atomic E-state index is 5.58. The summed E-state index contributed by atoms with van der Waals surface area (Å²) in [6.07, 6.45) is 0. The van der Waals surface area contributed by atoms with Gasteiger partial charge >= 0.3 is 0 Å². The molecule has 0 aromatic heterocycles. The Hall–Kier alpha value is -0.540. The first-order valence-electron chi connectivity index (χ1n) is 4.44. The van der Waals surface area contributed by atoms with Gasteiger partial charge in [-0.15, -0.1) is 5.06 Å². The van der Waals surface area contributed by atoms with E-state index in [1.165, 1.54) is 0 Å². The summed E-state index contributed by atoms with van der Waals surface area (Å²) in [4.78, 5) is 5.58. The molecule has 0 atom stereocenters. The smallest absolute Gasteiger partial charge is 0.147 e. The first-order valence-corrected chi connectivity index (χ1v) is 5.24. The van der Waals surface area contributed by atoms with Crippen molar-refractivity contribution in [1.29, 1.82) is 0 Å². The Morgan fingerprint density at radius 3 is 2.15 bits per heavy atom. The summed E-state index contributed by atoms with van der Waals surface area (Å²) < 4.78 is 1.07. The molecule has 0 N–H and O–H groups in total. The van der Waals surface area contributed by atoms with Crippen LogP contribution in [0.15, 0.2) is 28.7 Å². The molecule has 1 rings (SSSR count). The summed E-state index contributed by atoms with van der Waals surface area (Å²) in [5, 5.41) is 1.91. The average Bonchev–Trinajstić information content (AvgIpc) is 2.17. The molecule has 0 saturated carbocycles. The summed E-state index contributed by atoms with van der Waals surface area (Å²) in [7, 11) is 0. The van der Waals surface area contributed by atoms with Crippen LogP contribution in [0, 0.1) is 0 Å². The molecule has 0 amide bonds. The highest BCUT2D eigenvalue weighted by atomic mass is 79.9. The van der Waals surface area contributed by atoms with Crippen molar-refractivity contribution in [2.45, 2.75) is 13.8 Å². The van der Waals surface area contributed by atoms with Gasteiger partial charge in [0.05, 0.1) is 0 Å².